The molecule has 27 heavy (non-hydrogen) atoms. The molecule has 4 heteroatoms. The topological polar surface area (TPSA) is 53.2 Å². The second-order valence-electron chi connectivity index (χ2n) is 7.55. The molecule has 6 bridgehead atoms. The lowest BCUT2D eigenvalue weighted by Gasteiger charge is -2.02. The number of aromatic amines is 2. The van der Waals surface area contributed by atoms with Gasteiger partial charge in [0, 0.05) is 23.2 Å². The average molecular weight is 364 g/mol. The molecule has 0 fully saturated rings. The summed E-state index contributed by atoms with van der Waals surface area (Å²) in [7, 11) is 1.71. The van der Waals surface area contributed by atoms with Crippen LogP contribution in [0.2, 0.25) is 0 Å². The fraction of sp³-hybridized carbons (Fsp3) is 0.435. The van der Waals surface area contributed by atoms with Gasteiger partial charge in [-0.15, -0.1) is 0 Å². The molecular formula is C23H29N3O. The number of allylic oxidation sites excluding steroid dienone is 1. The molecule has 4 nitrogen and oxygen atoms in total. The Labute approximate surface area is 161 Å². The molecule has 0 saturated carbocycles. The minimum atomic E-state index is 0.812. The highest BCUT2D eigenvalue weighted by atomic mass is 16.5. The van der Waals surface area contributed by atoms with E-state index in [0.29, 0.717) is 0 Å². The Hall–Kier alpha value is -2.49. The minimum absolute atomic E-state index is 0.812. The van der Waals surface area contributed by atoms with E-state index in [9.17, 15) is 0 Å². The van der Waals surface area contributed by atoms with Crippen molar-refractivity contribution < 1.29 is 4.74 Å². The lowest BCUT2D eigenvalue weighted by Crippen LogP contribution is -1.95. The van der Waals surface area contributed by atoms with Crippen LogP contribution in [0.4, 0.5) is 0 Å². The lowest BCUT2D eigenvalue weighted by molar-refractivity contribution is 0.303. The van der Waals surface area contributed by atoms with E-state index in [-0.39, 0.29) is 0 Å². The third-order valence-corrected chi connectivity index (χ3v) is 5.46. The third-order valence-electron chi connectivity index (χ3n) is 5.46. The van der Waals surface area contributed by atoms with Crippen LogP contribution in [-0.2, 0) is 17.6 Å². The number of nitrogens with zero attached hydrogens (tertiary/aromatic N) is 1. The highest BCUT2D eigenvalue weighted by Crippen LogP contribution is 2.25. The quantitative estimate of drug-likeness (QED) is 0.686. The van der Waals surface area contributed by atoms with Gasteiger partial charge in [-0.1, -0.05) is 32.1 Å². The summed E-state index contributed by atoms with van der Waals surface area (Å²) in [6.45, 7) is 0. The van der Waals surface area contributed by atoms with E-state index in [0.717, 1.165) is 41.4 Å². The average Bonchev–Trinajstić information content (AvgIpc) is 3.39. The molecule has 0 unspecified atom stereocenters. The molecule has 0 saturated heterocycles. The van der Waals surface area contributed by atoms with Gasteiger partial charge < -0.3 is 14.7 Å². The molecule has 4 rings (SSSR count). The molecule has 2 aliphatic heterocycles. The number of hydrogen-bond donors (Lipinski definition) is 2. The summed E-state index contributed by atoms with van der Waals surface area (Å²) in [5.41, 5.74) is 6.55. The molecule has 2 aromatic heterocycles. The van der Waals surface area contributed by atoms with E-state index < -0.39 is 0 Å². The van der Waals surface area contributed by atoms with Crippen LogP contribution >= 0.6 is 0 Å². The second-order valence-corrected chi connectivity index (χ2v) is 7.55. The number of aromatic nitrogens is 2. The smallest absolute Gasteiger partial charge is 0.146 e. The summed E-state index contributed by atoms with van der Waals surface area (Å²) in [6.07, 6.45) is 15.5. The lowest BCUT2D eigenvalue weighted by atomic mass is 10.1. The van der Waals surface area contributed by atoms with Gasteiger partial charge >= 0.3 is 0 Å². The van der Waals surface area contributed by atoms with Gasteiger partial charge in [0.2, 0.25) is 0 Å². The zero-order valence-electron chi connectivity index (χ0n) is 16.2. The highest BCUT2D eigenvalue weighted by molar-refractivity contribution is 6.11. The van der Waals surface area contributed by atoms with E-state index in [2.05, 4.69) is 40.3 Å². The van der Waals surface area contributed by atoms with Crippen LogP contribution < -0.4 is 0 Å². The van der Waals surface area contributed by atoms with Crippen LogP contribution in [0.3, 0.4) is 0 Å². The molecule has 2 aliphatic rings. The van der Waals surface area contributed by atoms with Gasteiger partial charge in [0.25, 0.3) is 0 Å². The van der Waals surface area contributed by atoms with Gasteiger partial charge in [-0.25, -0.2) is 4.99 Å². The van der Waals surface area contributed by atoms with Crippen molar-refractivity contribution in [2.24, 2.45) is 4.99 Å². The van der Waals surface area contributed by atoms with Crippen LogP contribution in [0.1, 0.15) is 67.7 Å². The van der Waals surface area contributed by atoms with Gasteiger partial charge in [-0.05, 0) is 56.0 Å². The van der Waals surface area contributed by atoms with E-state index in [4.69, 9.17) is 9.73 Å². The van der Waals surface area contributed by atoms with Crippen molar-refractivity contribution in [2.75, 3.05) is 7.11 Å². The van der Waals surface area contributed by atoms with Gasteiger partial charge in [-0.2, -0.15) is 0 Å². The first-order chi connectivity index (χ1) is 13.3. The number of H-pyrrole nitrogens is 2. The van der Waals surface area contributed by atoms with E-state index in [1.54, 1.807) is 7.11 Å². The van der Waals surface area contributed by atoms with E-state index in [1.807, 2.05) is 6.08 Å². The summed E-state index contributed by atoms with van der Waals surface area (Å²) in [5, 5.41) is 0. The Morgan fingerprint density at radius 3 is 2.19 bits per heavy atom. The SMILES string of the molecule is COC1=CC2=N/C1=C/c1ccc([nH]1)CCCCCCCCCc1ccc2[nH]1. The molecule has 2 N–H and O–H groups in total. The standard InChI is InChI=1S/C23H29N3O/c1-27-23-16-21-20-14-13-18(25-20)10-8-6-4-2-3-5-7-9-17-11-12-19(24-17)15-22(23)26-21/h11-16,24-25H,2-10H2,1H3/b22-15+. The molecule has 0 atom stereocenters. The number of nitrogens with one attached hydrogen (secondary N) is 2. The largest absolute Gasteiger partial charge is 0.494 e. The predicted molar refractivity (Wildman–Crippen MR) is 111 cm³/mol. The molecule has 142 valence electrons. The summed E-state index contributed by atoms with van der Waals surface area (Å²) < 4.78 is 5.56. The maximum Gasteiger partial charge on any atom is 0.146 e. The fourth-order valence-corrected chi connectivity index (χ4v) is 3.91. The van der Waals surface area contributed by atoms with Crippen molar-refractivity contribution in [2.45, 2.75) is 57.8 Å². The first-order valence-electron chi connectivity index (χ1n) is 10.2. The normalized spacial score (nSPS) is 20.6. The molecule has 0 amide bonds. The number of fused-ring (bicyclic) bond motifs is 6. The maximum atomic E-state index is 5.56. The van der Waals surface area contributed by atoms with Crippen molar-refractivity contribution in [3.63, 3.8) is 0 Å². The van der Waals surface area contributed by atoms with Gasteiger partial charge in [0.15, 0.2) is 0 Å². The van der Waals surface area contributed by atoms with Crippen LogP contribution in [-0.4, -0.2) is 22.8 Å². The highest BCUT2D eigenvalue weighted by Gasteiger charge is 2.18. The number of hydrogen-bond acceptors (Lipinski definition) is 2. The van der Waals surface area contributed by atoms with Crippen molar-refractivity contribution in [3.05, 3.63) is 64.6 Å². The first-order valence-corrected chi connectivity index (χ1v) is 10.2. The van der Waals surface area contributed by atoms with Crippen LogP contribution in [0.25, 0.3) is 6.08 Å². The zero-order chi connectivity index (χ0) is 18.5. The van der Waals surface area contributed by atoms with Crippen LogP contribution in [0.5, 0.6) is 0 Å². The van der Waals surface area contributed by atoms with Crippen molar-refractivity contribution in [3.8, 4) is 0 Å². The molecule has 0 aromatic carbocycles. The fourth-order valence-electron chi connectivity index (χ4n) is 3.91. The van der Waals surface area contributed by atoms with Crippen LogP contribution in [0.15, 0.2) is 46.8 Å². The Balaban J connectivity index is 1.61. The van der Waals surface area contributed by atoms with Crippen molar-refractivity contribution in [1.29, 1.82) is 0 Å². The summed E-state index contributed by atoms with van der Waals surface area (Å²) in [6, 6.07) is 8.65. The Morgan fingerprint density at radius 2 is 1.44 bits per heavy atom. The van der Waals surface area contributed by atoms with Gasteiger partial charge in [-0.3, -0.25) is 0 Å². The monoisotopic (exact) mass is 363 g/mol. The number of aryl methyl sites for hydroxylation is 2. The number of rotatable bonds is 1. The Bertz CT molecular complexity index is 866. The number of methoxy groups -OCH3 is 1. The van der Waals surface area contributed by atoms with E-state index >= 15 is 0 Å². The van der Waals surface area contributed by atoms with Crippen molar-refractivity contribution >= 4 is 11.8 Å². The van der Waals surface area contributed by atoms with Crippen LogP contribution in [0, 0.1) is 0 Å². The van der Waals surface area contributed by atoms with Gasteiger partial charge in [0.05, 0.1) is 18.5 Å². The van der Waals surface area contributed by atoms with E-state index in [1.165, 1.54) is 56.3 Å². The molecule has 0 spiro atoms. The maximum absolute atomic E-state index is 5.56. The minimum Gasteiger partial charge on any atom is -0.494 e. The van der Waals surface area contributed by atoms with Crippen molar-refractivity contribution in [1.82, 2.24) is 9.97 Å². The summed E-state index contributed by atoms with van der Waals surface area (Å²) in [4.78, 5) is 11.9. The molecule has 2 aromatic rings. The number of ether oxygens (including phenoxy) is 1. The zero-order valence-corrected chi connectivity index (χ0v) is 16.2. The Kier molecular flexibility index (Phi) is 5.61. The molecular weight excluding hydrogens is 334 g/mol. The first kappa shape index (κ1) is 17.9. The second kappa shape index (κ2) is 8.47. The summed E-state index contributed by atoms with van der Waals surface area (Å²) in [5.74, 6) is 0.812. The summed E-state index contributed by atoms with van der Waals surface area (Å²) >= 11 is 0. The third kappa shape index (κ3) is 4.44. The molecule has 4 heterocycles. The molecule has 0 radical (unpaired) electrons. The Morgan fingerprint density at radius 1 is 0.778 bits per heavy atom. The number of aliphatic imine (C=N–C) groups is 1. The van der Waals surface area contributed by atoms with Gasteiger partial charge in [0.1, 0.15) is 11.5 Å². The predicted octanol–water partition coefficient (Wildman–Crippen LogP) is 5.55. The molecule has 0 aliphatic carbocycles.